The lowest BCUT2D eigenvalue weighted by Gasteiger charge is -2.12. The van der Waals surface area contributed by atoms with Gasteiger partial charge in [-0.1, -0.05) is 24.3 Å². The molecule has 0 heterocycles. The highest BCUT2D eigenvalue weighted by Crippen LogP contribution is 2.31. The molecule has 0 aliphatic rings. The van der Waals surface area contributed by atoms with Crippen molar-refractivity contribution in [2.45, 2.75) is 19.3 Å². The minimum atomic E-state index is 0.788. The highest BCUT2D eigenvalue weighted by atomic mass is 16.5. The van der Waals surface area contributed by atoms with Crippen molar-refractivity contribution in [3.8, 4) is 17.2 Å². The van der Waals surface area contributed by atoms with Crippen LogP contribution in [0.15, 0.2) is 42.5 Å². The molecule has 3 nitrogen and oxygen atoms in total. The number of rotatable bonds is 7. The van der Waals surface area contributed by atoms with E-state index in [2.05, 4.69) is 18.2 Å². The maximum Gasteiger partial charge on any atom is 0.163 e. The van der Waals surface area contributed by atoms with Gasteiger partial charge in [-0.05, 0) is 48.6 Å². The zero-order valence-electron chi connectivity index (χ0n) is 12.9. The van der Waals surface area contributed by atoms with Crippen molar-refractivity contribution >= 4 is 0 Å². The van der Waals surface area contributed by atoms with Crippen molar-refractivity contribution < 1.29 is 14.2 Å². The maximum absolute atomic E-state index is 5.46. The molecule has 0 aliphatic heterocycles. The summed E-state index contributed by atoms with van der Waals surface area (Å²) in [5, 5.41) is 0. The van der Waals surface area contributed by atoms with Crippen LogP contribution in [-0.2, 0) is 12.8 Å². The molecular weight excluding hydrogens is 264 g/mol. The fraction of sp³-hybridized carbons (Fsp3) is 0.333. The number of benzene rings is 2. The van der Waals surface area contributed by atoms with Crippen molar-refractivity contribution in [3.63, 3.8) is 0 Å². The van der Waals surface area contributed by atoms with Crippen LogP contribution in [0.3, 0.4) is 0 Å². The largest absolute Gasteiger partial charge is 0.497 e. The average molecular weight is 286 g/mol. The molecule has 21 heavy (non-hydrogen) atoms. The molecule has 0 N–H and O–H groups in total. The van der Waals surface area contributed by atoms with Crippen molar-refractivity contribution in [1.82, 2.24) is 0 Å². The molecule has 2 aromatic carbocycles. The zero-order chi connectivity index (χ0) is 15.1. The first-order chi connectivity index (χ1) is 10.3. The van der Waals surface area contributed by atoms with E-state index in [1.807, 2.05) is 24.3 Å². The molecule has 112 valence electrons. The summed E-state index contributed by atoms with van der Waals surface area (Å²) in [4.78, 5) is 0. The molecule has 0 amide bonds. The maximum atomic E-state index is 5.46. The van der Waals surface area contributed by atoms with Crippen molar-refractivity contribution in [2.75, 3.05) is 21.3 Å². The Hall–Kier alpha value is -2.16. The first-order valence-corrected chi connectivity index (χ1v) is 7.11. The van der Waals surface area contributed by atoms with Gasteiger partial charge in [-0.3, -0.25) is 0 Å². The molecule has 0 spiro atoms. The Bertz CT molecular complexity index is 578. The molecule has 0 saturated carbocycles. The van der Waals surface area contributed by atoms with Gasteiger partial charge in [-0.25, -0.2) is 0 Å². The number of ether oxygens (including phenoxy) is 3. The van der Waals surface area contributed by atoms with Crippen LogP contribution < -0.4 is 14.2 Å². The van der Waals surface area contributed by atoms with Gasteiger partial charge in [0.2, 0.25) is 0 Å². The first kappa shape index (κ1) is 15.2. The van der Waals surface area contributed by atoms with E-state index < -0.39 is 0 Å². The second kappa shape index (κ2) is 7.58. The Balaban J connectivity index is 2.00. The van der Waals surface area contributed by atoms with E-state index in [-0.39, 0.29) is 0 Å². The molecule has 2 rings (SSSR count). The molecule has 0 aliphatic carbocycles. The molecule has 0 aromatic heterocycles. The monoisotopic (exact) mass is 286 g/mol. The zero-order valence-corrected chi connectivity index (χ0v) is 12.9. The van der Waals surface area contributed by atoms with Crippen LogP contribution in [-0.4, -0.2) is 21.3 Å². The van der Waals surface area contributed by atoms with Crippen LogP contribution in [0.1, 0.15) is 17.5 Å². The van der Waals surface area contributed by atoms with Gasteiger partial charge in [-0.2, -0.15) is 0 Å². The van der Waals surface area contributed by atoms with Crippen molar-refractivity contribution in [1.29, 1.82) is 0 Å². The van der Waals surface area contributed by atoms with E-state index in [0.717, 1.165) is 36.5 Å². The summed E-state index contributed by atoms with van der Waals surface area (Å²) >= 11 is 0. The lowest BCUT2D eigenvalue weighted by Crippen LogP contribution is -1.97. The predicted octanol–water partition coefficient (Wildman–Crippen LogP) is 3.89. The second-order valence-electron chi connectivity index (χ2n) is 4.86. The van der Waals surface area contributed by atoms with Crippen LogP contribution in [0.2, 0.25) is 0 Å². The third-order valence-electron chi connectivity index (χ3n) is 3.53. The minimum Gasteiger partial charge on any atom is -0.497 e. The van der Waals surface area contributed by atoms with Crippen LogP contribution in [0, 0.1) is 0 Å². The van der Waals surface area contributed by atoms with Gasteiger partial charge in [-0.15, -0.1) is 0 Å². The lowest BCUT2D eigenvalue weighted by atomic mass is 10.0. The van der Waals surface area contributed by atoms with E-state index in [1.165, 1.54) is 11.1 Å². The molecule has 0 unspecified atom stereocenters. The van der Waals surface area contributed by atoms with Crippen LogP contribution >= 0.6 is 0 Å². The normalized spacial score (nSPS) is 10.2. The highest BCUT2D eigenvalue weighted by Gasteiger charge is 2.09. The fourth-order valence-corrected chi connectivity index (χ4v) is 2.46. The third-order valence-corrected chi connectivity index (χ3v) is 3.53. The van der Waals surface area contributed by atoms with E-state index >= 15 is 0 Å². The van der Waals surface area contributed by atoms with Gasteiger partial charge in [0.05, 0.1) is 21.3 Å². The quantitative estimate of drug-likeness (QED) is 0.773. The highest BCUT2D eigenvalue weighted by molar-refractivity contribution is 5.46. The van der Waals surface area contributed by atoms with E-state index in [0.29, 0.717) is 0 Å². The summed E-state index contributed by atoms with van der Waals surface area (Å²) in [6, 6.07) is 14.2. The van der Waals surface area contributed by atoms with Crippen LogP contribution in [0.5, 0.6) is 17.2 Å². The SMILES string of the molecule is COc1cccc(CCCc2cccc(OC)c2OC)c1. The first-order valence-electron chi connectivity index (χ1n) is 7.11. The van der Waals surface area contributed by atoms with E-state index in [4.69, 9.17) is 14.2 Å². The Morgan fingerprint density at radius 3 is 2.33 bits per heavy atom. The summed E-state index contributed by atoms with van der Waals surface area (Å²) < 4.78 is 16.0. The Morgan fingerprint density at radius 2 is 1.62 bits per heavy atom. The third kappa shape index (κ3) is 3.91. The fourth-order valence-electron chi connectivity index (χ4n) is 2.46. The molecule has 0 atom stereocenters. The standard InChI is InChI=1S/C18H22O3/c1-19-16-11-5-8-14(13-16)7-4-9-15-10-6-12-17(20-2)18(15)21-3/h5-6,8,10-13H,4,7,9H2,1-3H3. The topological polar surface area (TPSA) is 27.7 Å². The summed E-state index contributed by atoms with van der Waals surface area (Å²) in [6.07, 6.45) is 3.02. The number of hydrogen-bond acceptors (Lipinski definition) is 3. The molecule has 0 fully saturated rings. The van der Waals surface area contributed by atoms with Gasteiger partial charge < -0.3 is 14.2 Å². The summed E-state index contributed by atoms with van der Waals surface area (Å²) in [6.45, 7) is 0. The number of para-hydroxylation sites is 1. The van der Waals surface area contributed by atoms with Gasteiger partial charge in [0, 0.05) is 0 Å². The van der Waals surface area contributed by atoms with Gasteiger partial charge in [0.1, 0.15) is 5.75 Å². The lowest BCUT2D eigenvalue weighted by molar-refractivity contribution is 0.351. The molecule has 2 aromatic rings. The number of methoxy groups -OCH3 is 3. The van der Waals surface area contributed by atoms with E-state index in [1.54, 1.807) is 21.3 Å². The summed E-state index contributed by atoms with van der Waals surface area (Å²) in [5.41, 5.74) is 2.47. The predicted molar refractivity (Wildman–Crippen MR) is 84.6 cm³/mol. The smallest absolute Gasteiger partial charge is 0.163 e. The Labute approximate surface area is 126 Å². The molecule has 0 saturated heterocycles. The molecule has 3 heteroatoms. The molecular formula is C18H22O3. The molecule has 0 bridgehead atoms. The van der Waals surface area contributed by atoms with Crippen molar-refractivity contribution in [2.24, 2.45) is 0 Å². The summed E-state index contributed by atoms with van der Waals surface area (Å²) in [5.74, 6) is 2.54. The Morgan fingerprint density at radius 1 is 0.810 bits per heavy atom. The number of hydrogen-bond donors (Lipinski definition) is 0. The minimum absolute atomic E-state index is 0.788. The second-order valence-corrected chi connectivity index (χ2v) is 4.86. The van der Waals surface area contributed by atoms with Gasteiger partial charge in [0.25, 0.3) is 0 Å². The van der Waals surface area contributed by atoms with E-state index in [9.17, 15) is 0 Å². The van der Waals surface area contributed by atoms with Crippen LogP contribution in [0.25, 0.3) is 0 Å². The molecule has 0 radical (unpaired) electrons. The van der Waals surface area contributed by atoms with Gasteiger partial charge >= 0.3 is 0 Å². The Kier molecular flexibility index (Phi) is 5.50. The van der Waals surface area contributed by atoms with Crippen molar-refractivity contribution in [3.05, 3.63) is 53.6 Å². The average Bonchev–Trinajstić information content (AvgIpc) is 2.54. The van der Waals surface area contributed by atoms with Crippen LogP contribution in [0.4, 0.5) is 0 Å². The summed E-state index contributed by atoms with van der Waals surface area (Å²) in [7, 11) is 5.04. The van der Waals surface area contributed by atoms with Gasteiger partial charge in [0.15, 0.2) is 11.5 Å². The number of aryl methyl sites for hydroxylation is 2.